The summed E-state index contributed by atoms with van der Waals surface area (Å²) in [5, 5.41) is 7.35. The van der Waals surface area contributed by atoms with Crippen molar-refractivity contribution in [3.05, 3.63) is 98.6 Å². The topological polar surface area (TPSA) is 71.6 Å². The van der Waals surface area contributed by atoms with Crippen LogP contribution in [0.3, 0.4) is 0 Å². The third-order valence-electron chi connectivity index (χ3n) is 6.61. The number of carbonyl (C=O) groups is 1. The third-order valence-corrected chi connectivity index (χ3v) is 6.61. The zero-order valence-corrected chi connectivity index (χ0v) is 19.8. The summed E-state index contributed by atoms with van der Waals surface area (Å²) in [6, 6.07) is 16.2. The Balaban J connectivity index is 1.51. The first-order valence-electron chi connectivity index (χ1n) is 11.7. The van der Waals surface area contributed by atoms with Crippen molar-refractivity contribution in [2.24, 2.45) is 0 Å². The zero-order chi connectivity index (χ0) is 23.8. The van der Waals surface area contributed by atoms with Gasteiger partial charge in [-0.1, -0.05) is 48.0 Å². The summed E-state index contributed by atoms with van der Waals surface area (Å²) < 4.78 is 3.48. The van der Waals surface area contributed by atoms with Crippen LogP contribution in [-0.2, 0) is 26.1 Å². The molecule has 0 bridgehead atoms. The monoisotopic (exact) mass is 455 g/mol. The largest absolute Gasteiger partial charge is 0.329 e. The number of hydrogen-bond donors (Lipinski definition) is 1. The molecule has 2 aromatic heterocycles. The van der Waals surface area contributed by atoms with Crippen LogP contribution in [0.1, 0.15) is 45.2 Å². The molecule has 34 heavy (non-hydrogen) atoms. The fourth-order valence-electron chi connectivity index (χ4n) is 4.92. The fourth-order valence-corrected chi connectivity index (χ4v) is 4.92. The van der Waals surface area contributed by atoms with Crippen molar-refractivity contribution in [2.45, 2.75) is 46.8 Å². The minimum Gasteiger partial charge on any atom is -0.329 e. The molecule has 0 saturated heterocycles. The number of rotatable bonds is 5. The summed E-state index contributed by atoms with van der Waals surface area (Å²) in [5.74, 6) is -0.259. The quantitative estimate of drug-likeness (QED) is 0.495. The number of carbonyl (C=O) groups excluding carboxylic acids is 1. The Hall–Kier alpha value is -3.71. The lowest BCUT2D eigenvalue weighted by atomic mass is 10.0. The highest BCUT2D eigenvalue weighted by Gasteiger charge is 2.27. The molecule has 1 N–H and O–H groups in total. The van der Waals surface area contributed by atoms with Gasteiger partial charge in [-0.25, -0.2) is 0 Å². The third kappa shape index (κ3) is 3.92. The van der Waals surface area contributed by atoms with Gasteiger partial charge in [-0.05, 0) is 38.0 Å². The van der Waals surface area contributed by atoms with Crippen LogP contribution in [0, 0.1) is 13.8 Å². The van der Waals surface area contributed by atoms with Gasteiger partial charge in [0.05, 0.1) is 11.8 Å². The SMILES string of the molecule is CCn1c2c(c(=O)n3ncc(C(=O)Nc4ccc(C)cc4C)c13)CN(Cc1ccccc1)CC2. The molecule has 4 aromatic rings. The Morgan fingerprint density at radius 1 is 1.12 bits per heavy atom. The van der Waals surface area contributed by atoms with Crippen molar-refractivity contribution < 1.29 is 4.79 Å². The van der Waals surface area contributed by atoms with Crippen LogP contribution in [0.2, 0.25) is 0 Å². The lowest BCUT2D eigenvalue weighted by Gasteiger charge is -2.30. The Bertz CT molecular complexity index is 1440. The van der Waals surface area contributed by atoms with E-state index in [1.54, 1.807) is 0 Å². The van der Waals surface area contributed by atoms with E-state index in [9.17, 15) is 9.59 Å². The number of amides is 1. The van der Waals surface area contributed by atoms with Gasteiger partial charge < -0.3 is 9.88 Å². The summed E-state index contributed by atoms with van der Waals surface area (Å²) >= 11 is 0. The van der Waals surface area contributed by atoms with Crippen molar-refractivity contribution in [1.82, 2.24) is 19.1 Å². The number of benzene rings is 2. The van der Waals surface area contributed by atoms with E-state index in [1.807, 2.05) is 57.2 Å². The van der Waals surface area contributed by atoms with Gasteiger partial charge in [0.15, 0.2) is 5.65 Å². The van der Waals surface area contributed by atoms with Gasteiger partial charge >= 0.3 is 0 Å². The molecule has 1 aliphatic rings. The van der Waals surface area contributed by atoms with Crippen LogP contribution in [-0.4, -0.2) is 31.5 Å². The van der Waals surface area contributed by atoms with E-state index in [1.165, 1.54) is 16.3 Å². The molecule has 1 aliphatic heterocycles. The zero-order valence-electron chi connectivity index (χ0n) is 19.8. The minimum absolute atomic E-state index is 0.141. The summed E-state index contributed by atoms with van der Waals surface area (Å²) in [6.07, 6.45) is 2.26. The molecule has 0 saturated carbocycles. The van der Waals surface area contributed by atoms with Crippen molar-refractivity contribution in [1.29, 1.82) is 0 Å². The lowest BCUT2D eigenvalue weighted by molar-refractivity contribution is 0.102. The summed E-state index contributed by atoms with van der Waals surface area (Å²) in [4.78, 5) is 29.0. The molecule has 0 aliphatic carbocycles. The van der Waals surface area contributed by atoms with Crippen LogP contribution in [0.25, 0.3) is 5.65 Å². The number of hydrogen-bond acceptors (Lipinski definition) is 4. The molecule has 174 valence electrons. The predicted octanol–water partition coefficient (Wildman–Crippen LogP) is 3.94. The van der Waals surface area contributed by atoms with Crippen molar-refractivity contribution in [2.75, 3.05) is 11.9 Å². The maximum Gasteiger partial charge on any atom is 0.279 e. The van der Waals surface area contributed by atoms with Crippen LogP contribution in [0.5, 0.6) is 0 Å². The van der Waals surface area contributed by atoms with E-state index in [0.717, 1.165) is 47.6 Å². The molecule has 0 unspecified atom stereocenters. The Morgan fingerprint density at radius 2 is 1.91 bits per heavy atom. The smallest absolute Gasteiger partial charge is 0.279 e. The van der Waals surface area contributed by atoms with Gasteiger partial charge in [-0.2, -0.15) is 9.61 Å². The summed E-state index contributed by atoms with van der Waals surface area (Å²) in [7, 11) is 0. The van der Waals surface area contributed by atoms with Gasteiger partial charge in [0.25, 0.3) is 11.5 Å². The fraction of sp³-hybridized carbons (Fsp3) is 0.296. The van der Waals surface area contributed by atoms with Gasteiger partial charge in [0.2, 0.25) is 0 Å². The highest BCUT2D eigenvalue weighted by Crippen LogP contribution is 2.23. The number of nitrogens with zero attached hydrogens (tertiary/aromatic N) is 4. The maximum absolute atomic E-state index is 13.5. The van der Waals surface area contributed by atoms with Crippen molar-refractivity contribution in [3.8, 4) is 0 Å². The molecule has 1 amide bonds. The Morgan fingerprint density at radius 3 is 2.65 bits per heavy atom. The average molecular weight is 456 g/mol. The van der Waals surface area contributed by atoms with Gasteiger partial charge in [-0.3, -0.25) is 14.5 Å². The van der Waals surface area contributed by atoms with Crippen LogP contribution >= 0.6 is 0 Å². The van der Waals surface area contributed by atoms with E-state index in [4.69, 9.17) is 0 Å². The average Bonchev–Trinajstić information content (AvgIpc) is 3.28. The normalized spacial score (nSPS) is 13.7. The molecule has 7 heteroatoms. The van der Waals surface area contributed by atoms with Gasteiger partial charge in [-0.15, -0.1) is 0 Å². The van der Waals surface area contributed by atoms with E-state index >= 15 is 0 Å². The predicted molar refractivity (Wildman–Crippen MR) is 133 cm³/mol. The van der Waals surface area contributed by atoms with Crippen LogP contribution < -0.4 is 10.9 Å². The molecule has 0 radical (unpaired) electrons. The summed E-state index contributed by atoms with van der Waals surface area (Å²) in [5.41, 5.74) is 6.72. The first-order valence-corrected chi connectivity index (χ1v) is 11.7. The first kappa shape index (κ1) is 22.1. The second-order valence-corrected chi connectivity index (χ2v) is 8.99. The summed E-state index contributed by atoms with van der Waals surface area (Å²) in [6.45, 7) is 8.91. The number of aromatic nitrogens is 3. The number of nitrogens with one attached hydrogen (secondary N) is 1. The van der Waals surface area contributed by atoms with Crippen molar-refractivity contribution >= 4 is 17.2 Å². The van der Waals surface area contributed by atoms with Crippen LogP contribution in [0.4, 0.5) is 5.69 Å². The number of aryl methyl sites for hydroxylation is 3. The molecule has 0 spiro atoms. The van der Waals surface area contributed by atoms with E-state index in [0.29, 0.717) is 24.3 Å². The van der Waals surface area contributed by atoms with Crippen LogP contribution in [0.15, 0.2) is 59.5 Å². The highest BCUT2D eigenvalue weighted by molar-refractivity contribution is 6.08. The first-order chi connectivity index (χ1) is 16.5. The minimum atomic E-state index is -0.259. The molecule has 3 heterocycles. The van der Waals surface area contributed by atoms with Crippen molar-refractivity contribution in [3.63, 3.8) is 0 Å². The molecular weight excluding hydrogens is 426 g/mol. The molecule has 0 atom stereocenters. The van der Waals surface area contributed by atoms with E-state index in [-0.39, 0.29) is 11.5 Å². The second-order valence-electron chi connectivity index (χ2n) is 8.99. The van der Waals surface area contributed by atoms with E-state index < -0.39 is 0 Å². The molecule has 5 rings (SSSR count). The number of anilines is 1. The second kappa shape index (κ2) is 8.91. The molecule has 2 aromatic carbocycles. The molecule has 7 nitrogen and oxygen atoms in total. The Kier molecular flexibility index (Phi) is 5.79. The molecular formula is C27H29N5O2. The van der Waals surface area contributed by atoms with Gasteiger partial charge in [0, 0.05) is 44.0 Å². The molecule has 0 fully saturated rings. The maximum atomic E-state index is 13.5. The lowest BCUT2D eigenvalue weighted by Crippen LogP contribution is -2.38. The number of fused-ring (bicyclic) bond motifs is 2. The standard InChI is InChI=1S/C27H29N5O2/c1-4-31-24-12-13-30(16-20-8-6-5-7-9-20)17-22(24)27(34)32-26(31)21(15-28-32)25(33)29-23-11-10-18(2)14-19(23)3/h5-11,14-15H,4,12-13,16-17H2,1-3H3,(H,29,33). The Labute approximate surface area is 198 Å². The highest BCUT2D eigenvalue weighted by atomic mass is 16.2. The van der Waals surface area contributed by atoms with E-state index in [2.05, 4.69) is 32.0 Å². The van der Waals surface area contributed by atoms with Gasteiger partial charge in [0.1, 0.15) is 5.56 Å².